The first-order valence-corrected chi connectivity index (χ1v) is 20.6. The molecule has 2 heterocycles. The van der Waals surface area contributed by atoms with Crippen molar-refractivity contribution in [2.75, 3.05) is 0 Å². The zero-order chi connectivity index (χ0) is 39.4. The number of ether oxygens (including phenoxy) is 1. The zero-order valence-electron chi connectivity index (χ0n) is 32.7. The molecule has 3 fully saturated rings. The van der Waals surface area contributed by atoms with Crippen molar-refractivity contribution < 1.29 is 28.6 Å². The van der Waals surface area contributed by atoms with Crippen LogP contribution in [0.25, 0.3) is 11.8 Å². The first-order valence-electron chi connectivity index (χ1n) is 20.6. The van der Waals surface area contributed by atoms with Crippen molar-refractivity contribution in [2.45, 2.75) is 89.8 Å². The monoisotopic (exact) mass is 762 g/mol. The molecule has 3 unspecified atom stereocenters. The Kier molecular flexibility index (Phi) is 9.51. The van der Waals surface area contributed by atoms with Crippen LogP contribution >= 0.6 is 0 Å². The fourth-order valence-corrected chi connectivity index (χ4v) is 11.6. The van der Waals surface area contributed by atoms with Gasteiger partial charge in [-0.15, -0.1) is 0 Å². The molecular formula is C49H50N2O6. The highest BCUT2D eigenvalue weighted by Crippen LogP contribution is 2.68. The number of aryl methyl sites for hydroxylation is 2. The van der Waals surface area contributed by atoms with Gasteiger partial charge in [-0.2, -0.15) is 5.10 Å². The Bertz CT molecular complexity index is 2330. The van der Waals surface area contributed by atoms with Crippen molar-refractivity contribution in [3.8, 4) is 5.69 Å². The molecule has 0 spiro atoms. The molecule has 4 aliphatic carbocycles. The van der Waals surface area contributed by atoms with Crippen molar-refractivity contribution in [2.24, 2.45) is 28.6 Å². The predicted octanol–water partition coefficient (Wildman–Crippen LogP) is 9.23. The van der Waals surface area contributed by atoms with E-state index >= 15 is 0 Å². The average molecular weight is 763 g/mol. The molecule has 8 heteroatoms. The van der Waals surface area contributed by atoms with E-state index in [0.29, 0.717) is 37.7 Å². The van der Waals surface area contributed by atoms with Gasteiger partial charge in [0, 0.05) is 23.8 Å². The fourth-order valence-electron chi connectivity index (χ4n) is 11.6. The number of Topliss-reactive ketones (excluding diaryl/α,β-unsaturated/α-hetero) is 2. The number of aliphatic hydroxyl groups is 1. The second-order valence-electron chi connectivity index (χ2n) is 17.4. The summed E-state index contributed by atoms with van der Waals surface area (Å²) in [5.41, 5.74) is 4.74. The molecule has 2 aromatic heterocycles. The van der Waals surface area contributed by atoms with Crippen LogP contribution in [0.1, 0.15) is 102 Å². The maximum Gasteiger partial charge on any atom is 0.375 e. The molecule has 5 aromatic rings. The maximum absolute atomic E-state index is 14.6. The van der Waals surface area contributed by atoms with E-state index in [1.54, 1.807) is 12.1 Å². The van der Waals surface area contributed by atoms with E-state index in [9.17, 15) is 19.5 Å². The number of ketones is 2. The van der Waals surface area contributed by atoms with Crippen molar-refractivity contribution in [3.05, 3.63) is 149 Å². The standard InChI is InChI=1S/C49H50N2O6/c1-47-29-35-31-50-51(37-16-9-15-34(27-37)41(52)22-18-32-11-5-3-6-12-32)40(35)28-36(47)20-21-38-39-24-25-49(48(39,2)30-42(53)45(38)47,57-46(55)43-17-10-26-56-43)44(54)23-19-33-13-7-4-8-14-33/h3-17,26-28,31,38-39,42,45,53H,18-25,29-30H2,1-2H3/t38?,39?,42-,45?,47-,48-,49-/m0/s1. The Morgan fingerprint density at radius 2 is 1.63 bits per heavy atom. The summed E-state index contributed by atoms with van der Waals surface area (Å²) in [5.74, 6) is -0.343. The summed E-state index contributed by atoms with van der Waals surface area (Å²) < 4.78 is 13.8. The van der Waals surface area contributed by atoms with E-state index in [1.165, 1.54) is 11.8 Å². The van der Waals surface area contributed by atoms with Gasteiger partial charge in [-0.3, -0.25) is 9.59 Å². The quantitative estimate of drug-likeness (QED) is 0.106. The fraction of sp³-hybridized carbons (Fsp3) is 0.388. The second kappa shape index (κ2) is 14.6. The van der Waals surface area contributed by atoms with E-state index in [1.807, 2.05) is 83.7 Å². The SMILES string of the molecule is C[C@]12Cc3cnn(-c4cccc(C(=O)CCc5ccccc5)c4)c3C=C1CCC1C2[C@@H](O)C[C@@]2(C)C1CC[C@]2(OC(=O)c1ccco1)C(=O)CCc1ccccc1. The van der Waals surface area contributed by atoms with Gasteiger partial charge in [0.15, 0.2) is 17.2 Å². The Hall–Kier alpha value is -5.34. The first-order chi connectivity index (χ1) is 27.6. The molecule has 0 radical (unpaired) electrons. The Labute approximate surface area is 333 Å². The number of fused-ring (bicyclic) bond motifs is 6. The number of carbonyl (C=O) groups is 3. The van der Waals surface area contributed by atoms with Crippen LogP contribution in [0.2, 0.25) is 0 Å². The average Bonchev–Trinajstić information content (AvgIpc) is 3.97. The second-order valence-corrected chi connectivity index (χ2v) is 17.4. The smallest absolute Gasteiger partial charge is 0.375 e. The highest BCUT2D eigenvalue weighted by Gasteiger charge is 2.70. The van der Waals surface area contributed by atoms with Gasteiger partial charge in [0.2, 0.25) is 5.76 Å². The molecule has 3 saturated carbocycles. The normalized spacial score (nSPS) is 28.6. The van der Waals surface area contributed by atoms with Crippen LogP contribution in [-0.4, -0.2) is 44.1 Å². The lowest BCUT2D eigenvalue weighted by Crippen LogP contribution is -2.63. The van der Waals surface area contributed by atoms with Crippen LogP contribution in [-0.2, 0) is 28.8 Å². The van der Waals surface area contributed by atoms with Gasteiger partial charge in [0.1, 0.15) is 0 Å². The van der Waals surface area contributed by atoms with Gasteiger partial charge in [0.05, 0.1) is 29.9 Å². The number of allylic oxidation sites excluding steroid dienone is 1. The molecule has 0 amide bonds. The van der Waals surface area contributed by atoms with Gasteiger partial charge in [-0.1, -0.05) is 92.2 Å². The molecule has 1 N–H and O–H groups in total. The number of benzene rings is 3. The molecule has 4 aliphatic rings. The summed E-state index contributed by atoms with van der Waals surface area (Å²) in [4.78, 5) is 41.6. The van der Waals surface area contributed by atoms with Gasteiger partial charge in [-0.25, -0.2) is 9.48 Å². The van der Waals surface area contributed by atoms with Crippen molar-refractivity contribution in [3.63, 3.8) is 0 Å². The molecule has 8 nitrogen and oxygen atoms in total. The van der Waals surface area contributed by atoms with Crippen molar-refractivity contribution in [1.82, 2.24) is 9.78 Å². The topological polar surface area (TPSA) is 112 Å². The minimum Gasteiger partial charge on any atom is -0.457 e. The molecule has 3 aromatic carbocycles. The number of furan rings is 1. The Balaban J connectivity index is 0.982. The van der Waals surface area contributed by atoms with Crippen LogP contribution in [0.4, 0.5) is 0 Å². The number of carbonyl (C=O) groups excluding carboxylic acids is 3. The summed E-state index contributed by atoms with van der Waals surface area (Å²) in [5, 5.41) is 17.3. The Morgan fingerprint density at radius 3 is 2.35 bits per heavy atom. The van der Waals surface area contributed by atoms with Gasteiger partial charge >= 0.3 is 5.97 Å². The lowest BCUT2D eigenvalue weighted by atomic mass is 9.45. The summed E-state index contributed by atoms with van der Waals surface area (Å²) in [6.07, 6.45) is 10.9. The number of rotatable bonds is 11. The van der Waals surface area contributed by atoms with Gasteiger partial charge in [-0.05, 0) is 122 Å². The molecule has 0 saturated heterocycles. The highest BCUT2D eigenvalue weighted by atomic mass is 16.6. The van der Waals surface area contributed by atoms with Crippen LogP contribution < -0.4 is 0 Å². The molecule has 9 rings (SSSR count). The first kappa shape index (κ1) is 37.2. The highest BCUT2D eigenvalue weighted by molar-refractivity contribution is 5.97. The van der Waals surface area contributed by atoms with Gasteiger partial charge < -0.3 is 14.3 Å². The number of hydrogen-bond acceptors (Lipinski definition) is 7. The van der Waals surface area contributed by atoms with E-state index < -0.39 is 23.1 Å². The van der Waals surface area contributed by atoms with Gasteiger partial charge in [0.25, 0.3) is 0 Å². The number of aliphatic hydroxyl groups excluding tert-OH is 1. The minimum atomic E-state index is -1.38. The lowest BCUT2D eigenvalue weighted by molar-refractivity contribution is -0.180. The molecular weight excluding hydrogens is 713 g/mol. The van der Waals surface area contributed by atoms with E-state index in [2.05, 4.69) is 32.1 Å². The summed E-state index contributed by atoms with van der Waals surface area (Å²) in [7, 11) is 0. The molecule has 292 valence electrons. The largest absolute Gasteiger partial charge is 0.457 e. The molecule has 7 atom stereocenters. The summed E-state index contributed by atoms with van der Waals surface area (Å²) >= 11 is 0. The van der Waals surface area contributed by atoms with Crippen LogP contribution in [0.3, 0.4) is 0 Å². The zero-order valence-corrected chi connectivity index (χ0v) is 32.7. The Morgan fingerprint density at radius 1 is 0.895 bits per heavy atom. The predicted molar refractivity (Wildman–Crippen MR) is 217 cm³/mol. The van der Waals surface area contributed by atoms with Crippen molar-refractivity contribution in [1.29, 1.82) is 0 Å². The van der Waals surface area contributed by atoms with E-state index in [0.717, 1.165) is 53.8 Å². The number of nitrogens with zero attached hydrogens (tertiary/aromatic N) is 2. The maximum atomic E-state index is 14.6. The number of esters is 1. The minimum absolute atomic E-state index is 0.0337. The van der Waals surface area contributed by atoms with Crippen LogP contribution in [0.5, 0.6) is 0 Å². The number of hydrogen-bond donors (Lipinski definition) is 1. The third kappa shape index (κ3) is 6.33. The number of aromatic nitrogens is 2. The third-order valence-corrected chi connectivity index (χ3v) is 14.4. The molecule has 57 heavy (non-hydrogen) atoms. The van der Waals surface area contributed by atoms with E-state index in [4.69, 9.17) is 14.3 Å². The lowest BCUT2D eigenvalue weighted by Gasteiger charge is -2.60. The molecule has 0 aliphatic heterocycles. The molecule has 0 bridgehead atoms. The van der Waals surface area contributed by atoms with Crippen LogP contribution in [0, 0.1) is 28.6 Å². The third-order valence-electron chi connectivity index (χ3n) is 14.4. The van der Waals surface area contributed by atoms with Crippen molar-refractivity contribution >= 4 is 23.6 Å². The van der Waals surface area contributed by atoms with E-state index in [-0.39, 0.29) is 46.9 Å². The summed E-state index contributed by atoms with van der Waals surface area (Å²) in [6, 6.07) is 31.0. The summed E-state index contributed by atoms with van der Waals surface area (Å²) in [6.45, 7) is 4.40. The van der Waals surface area contributed by atoms with Crippen LogP contribution in [0.15, 0.2) is 120 Å².